The molecular weight excluding hydrogens is 316 g/mol. The van der Waals surface area contributed by atoms with Gasteiger partial charge in [0.05, 0.1) is 6.54 Å². The molecule has 0 unspecified atom stereocenters. The molecule has 1 aromatic carbocycles. The number of urea groups is 1. The van der Waals surface area contributed by atoms with Crippen molar-refractivity contribution in [2.24, 2.45) is 5.41 Å². The van der Waals surface area contributed by atoms with Crippen LogP contribution in [0.25, 0.3) is 0 Å². The highest BCUT2D eigenvalue weighted by Crippen LogP contribution is 2.29. The fourth-order valence-electron chi connectivity index (χ4n) is 2.90. The second-order valence-electron chi connectivity index (χ2n) is 6.39. The van der Waals surface area contributed by atoms with Crippen LogP contribution in [0.5, 0.6) is 0 Å². The first-order chi connectivity index (χ1) is 12.1. The molecule has 136 valence electrons. The van der Waals surface area contributed by atoms with Gasteiger partial charge >= 0.3 is 6.03 Å². The van der Waals surface area contributed by atoms with Gasteiger partial charge in [-0.2, -0.15) is 5.10 Å². The SMILES string of the molecule is CCC(CC)(CCO)CNC(=O)Nc1ccc(Cn2cccn2)cc1. The van der Waals surface area contributed by atoms with Gasteiger partial charge in [-0.25, -0.2) is 4.79 Å². The number of hydrogen-bond donors (Lipinski definition) is 3. The number of hydrogen-bond acceptors (Lipinski definition) is 3. The molecule has 25 heavy (non-hydrogen) atoms. The maximum Gasteiger partial charge on any atom is 0.319 e. The van der Waals surface area contributed by atoms with E-state index in [0.717, 1.165) is 24.1 Å². The van der Waals surface area contributed by atoms with Crippen LogP contribution in [-0.2, 0) is 6.54 Å². The normalized spacial score (nSPS) is 11.3. The van der Waals surface area contributed by atoms with E-state index in [0.29, 0.717) is 19.5 Å². The number of carbonyl (C=O) groups excluding carboxylic acids is 1. The van der Waals surface area contributed by atoms with E-state index in [-0.39, 0.29) is 18.1 Å². The quantitative estimate of drug-likeness (QED) is 0.653. The highest BCUT2D eigenvalue weighted by atomic mass is 16.3. The van der Waals surface area contributed by atoms with Gasteiger partial charge in [0, 0.05) is 31.2 Å². The molecule has 0 radical (unpaired) electrons. The first-order valence-electron chi connectivity index (χ1n) is 8.83. The number of nitrogens with one attached hydrogen (secondary N) is 2. The minimum atomic E-state index is -0.218. The zero-order chi connectivity index (χ0) is 18.1. The summed E-state index contributed by atoms with van der Waals surface area (Å²) in [5.74, 6) is 0. The highest BCUT2D eigenvalue weighted by Gasteiger charge is 2.26. The highest BCUT2D eigenvalue weighted by molar-refractivity contribution is 5.89. The Labute approximate surface area is 149 Å². The van der Waals surface area contributed by atoms with E-state index in [1.165, 1.54) is 0 Å². The predicted octanol–water partition coefficient (Wildman–Crippen LogP) is 3.24. The van der Waals surface area contributed by atoms with Gasteiger partial charge in [0.2, 0.25) is 0 Å². The van der Waals surface area contributed by atoms with Crippen molar-refractivity contribution in [3.8, 4) is 0 Å². The number of aliphatic hydroxyl groups is 1. The Balaban J connectivity index is 1.85. The van der Waals surface area contributed by atoms with E-state index in [9.17, 15) is 9.90 Å². The molecule has 0 saturated heterocycles. The molecular formula is C19H28N4O2. The summed E-state index contributed by atoms with van der Waals surface area (Å²) < 4.78 is 1.85. The molecule has 1 heterocycles. The molecule has 0 spiro atoms. The standard InChI is InChI=1S/C19H28N4O2/c1-3-19(4-2,10-13-24)15-20-18(25)22-17-8-6-16(7-9-17)14-23-12-5-11-21-23/h5-9,11-12,24H,3-4,10,13-15H2,1-2H3,(H2,20,22,25). The Hall–Kier alpha value is -2.34. The molecule has 0 bridgehead atoms. The van der Waals surface area contributed by atoms with E-state index < -0.39 is 0 Å². The van der Waals surface area contributed by atoms with Gasteiger partial charge < -0.3 is 15.7 Å². The van der Waals surface area contributed by atoms with Gasteiger partial charge in [-0.15, -0.1) is 0 Å². The molecule has 0 aliphatic carbocycles. The van der Waals surface area contributed by atoms with Crippen LogP contribution >= 0.6 is 0 Å². The van der Waals surface area contributed by atoms with Crippen LogP contribution in [0, 0.1) is 5.41 Å². The van der Waals surface area contributed by atoms with Crippen LogP contribution < -0.4 is 10.6 Å². The predicted molar refractivity (Wildman–Crippen MR) is 99.5 cm³/mol. The van der Waals surface area contributed by atoms with E-state index in [4.69, 9.17) is 0 Å². The average Bonchev–Trinajstić information content (AvgIpc) is 3.13. The zero-order valence-electron chi connectivity index (χ0n) is 15.0. The lowest BCUT2D eigenvalue weighted by atomic mass is 9.79. The Morgan fingerprint density at radius 3 is 2.52 bits per heavy atom. The van der Waals surface area contributed by atoms with Crippen LogP contribution in [0.4, 0.5) is 10.5 Å². The van der Waals surface area contributed by atoms with Crippen LogP contribution in [0.2, 0.25) is 0 Å². The van der Waals surface area contributed by atoms with Crippen molar-refractivity contribution < 1.29 is 9.90 Å². The first-order valence-corrected chi connectivity index (χ1v) is 8.83. The van der Waals surface area contributed by atoms with E-state index in [1.54, 1.807) is 6.20 Å². The van der Waals surface area contributed by atoms with Crippen molar-refractivity contribution in [2.45, 2.75) is 39.7 Å². The maximum absolute atomic E-state index is 12.1. The number of benzene rings is 1. The zero-order valence-corrected chi connectivity index (χ0v) is 15.0. The van der Waals surface area contributed by atoms with Crippen molar-refractivity contribution in [3.63, 3.8) is 0 Å². The molecule has 6 heteroatoms. The fourth-order valence-corrected chi connectivity index (χ4v) is 2.90. The third-order valence-electron chi connectivity index (χ3n) is 4.88. The van der Waals surface area contributed by atoms with Gasteiger partial charge in [0.15, 0.2) is 0 Å². The number of amides is 2. The van der Waals surface area contributed by atoms with Gasteiger partial charge in [0.25, 0.3) is 0 Å². The van der Waals surface area contributed by atoms with Gasteiger partial charge in [0.1, 0.15) is 0 Å². The minimum absolute atomic E-state index is 0.0420. The number of anilines is 1. The molecule has 1 aromatic heterocycles. The summed E-state index contributed by atoms with van der Waals surface area (Å²) in [6, 6.07) is 9.41. The molecule has 3 N–H and O–H groups in total. The van der Waals surface area contributed by atoms with E-state index >= 15 is 0 Å². The van der Waals surface area contributed by atoms with Crippen LogP contribution in [0.3, 0.4) is 0 Å². The summed E-state index contributed by atoms with van der Waals surface area (Å²) in [5.41, 5.74) is 1.83. The van der Waals surface area contributed by atoms with Crippen LogP contribution in [-0.4, -0.2) is 34.1 Å². The number of rotatable bonds is 9. The van der Waals surface area contributed by atoms with Crippen molar-refractivity contribution in [3.05, 3.63) is 48.3 Å². The Kier molecular flexibility index (Phi) is 7.01. The maximum atomic E-state index is 12.1. The summed E-state index contributed by atoms with van der Waals surface area (Å²) in [6.07, 6.45) is 6.21. The number of aromatic nitrogens is 2. The lowest BCUT2D eigenvalue weighted by molar-refractivity contribution is 0.165. The third kappa shape index (κ3) is 5.60. The molecule has 6 nitrogen and oxygen atoms in total. The summed E-state index contributed by atoms with van der Waals surface area (Å²) in [6.45, 7) is 5.59. The fraction of sp³-hybridized carbons (Fsp3) is 0.474. The van der Waals surface area contributed by atoms with Gasteiger partial charge in [-0.3, -0.25) is 4.68 Å². The second kappa shape index (κ2) is 9.22. The molecule has 0 fully saturated rings. The number of carbonyl (C=O) groups is 1. The summed E-state index contributed by atoms with van der Waals surface area (Å²) >= 11 is 0. The molecule has 0 atom stereocenters. The largest absolute Gasteiger partial charge is 0.396 e. The third-order valence-corrected chi connectivity index (χ3v) is 4.88. The van der Waals surface area contributed by atoms with Crippen molar-refractivity contribution in [1.29, 1.82) is 0 Å². The summed E-state index contributed by atoms with van der Waals surface area (Å²) in [4.78, 5) is 12.1. The molecule has 2 aromatic rings. The number of nitrogens with zero attached hydrogens (tertiary/aromatic N) is 2. The Morgan fingerprint density at radius 2 is 1.96 bits per heavy atom. The monoisotopic (exact) mass is 344 g/mol. The topological polar surface area (TPSA) is 79.2 Å². The Morgan fingerprint density at radius 1 is 1.24 bits per heavy atom. The Bertz CT molecular complexity index is 634. The molecule has 0 aliphatic rings. The lowest BCUT2D eigenvalue weighted by Crippen LogP contribution is -2.39. The van der Waals surface area contributed by atoms with E-state index in [1.807, 2.05) is 41.2 Å². The number of aliphatic hydroxyl groups excluding tert-OH is 1. The van der Waals surface area contributed by atoms with Crippen molar-refractivity contribution in [1.82, 2.24) is 15.1 Å². The van der Waals surface area contributed by atoms with Crippen LogP contribution in [0.15, 0.2) is 42.7 Å². The summed E-state index contributed by atoms with van der Waals surface area (Å²) in [5, 5.41) is 19.2. The van der Waals surface area contributed by atoms with Crippen LogP contribution in [0.1, 0.15) is 38.7 Å². The van der Waals surface area contributed by atoms with E-state index in [2.05, 4.69) is 29.6 Å². The molecule has 2 rings (SSSR count). The van der Waals surface area contributed by atoms with Gasteiger partial charge in [-0.05, 0) is 48.4 Å². The lowest BCUT2D eigenvalue weighted by Gasteiger charge is -2.31. The van der Waals surface area contributed by atoms with Crippen molar-refractivity contribution >= 4 is 11.7 Å². The minimum Gasteiger partial charge on any atom is -0.396 e. The first kappa shape index (κ1) is 19.0. The average molecular weight is 344 g/mol. The molecule has 0 saturated carbocycles. The molecule has 2 amide bonds. The molecule has 0 aliphatic heterocycles. The van der Waals surface area contributed by atoms with Crippen molar-refractivity contribution in [2.75, 3.05) is 18.5 Å². The smallest absolute Gasteiger partial charge is 0.319 e. The second-order valence-corrected chi connectivity index (χ2v) is 6.39. The summed E-state index contributed by atoms with van der Waals surface area (Å²) in [7, 11) is 0. The van der Waals surface area contributed by atoms with Gasteiger partial charge in [-0.1, -0.05) is 26.0 Å².